The van der Waals surface area contributed by atoms with Gasteiger partial charge in [0.15, 0.2) is 0 Å². The molecule has 4 heteroatoms. The van der Waals surface area contributed by atoms with Crippen LogP contribution in [0.25, 0.3) is 0 Å². The second-order valence-corrected chi connectivity index (χ2v) is 3.92. The molecule has 0 heterocycles. The molecule has 0 aliphatic carbocycles. The Balaban J connectivity index is 3.42. The van der Waals surface area contributed by atoms with Crippen LogP contribution in [0.15, 0.2) is 12.1 Å². The van der Waals surface area contributed by atoms with E-state index >= 15 is 0 Å². The van der Waals surface area contributed by atoms with Crippen molar-refractivity contribution in [3.63, 3.8) is 0 Å². The number of nitrogens with zero attached hydrogens (tertiary/aromatic N) is 1. The van der Waals surface area contributed by atoms with Crippen LogP contribution < -0.4 is 0 Å². The zero-order valence-corrected chi connectivity index (χ0v) is 9.70. The van der Waals surface area contributed by atoms with E-state index in [2.05, 4.69) is 0 Å². The van der Waals surface area contributed by atoms with Gasteiger partial charge in [0, 0.05) is 3.57 Å². The fraction of sp³-hybridized carbons (Fsp3) is 0.200. The summed E-state index contributed by atoms with van der Waals surface area (Å²) in [6.45, 7) is 1.89. The molecule has 1 N–H and O–H groups in total. The molecule has 0 radical (unpaired) electrons. The third kappa shape index (κ3) is 2.04. The summed E-state index contributed by atoms with van der Waals surface area (Å²) in [6.07, 6.45) is 0.656. The standard InChI is InChI=1S/C10H8INO2/c1-2-6-4-9(11)7(5-12)3-8(6)10(13)14/h3-4H,2H2,1H3,(H,13,14). The third-order valence-corrected chi connectivity index (χ3v) is 2.82. The van der Waals surface area contributed by atoms with E-state index in [9.17, 15) is 4.79 Å². The van der Waals surface area contributed by atoms with Crippen molar-refractivity contribution in [2.45, 2.75) is 13.3 Å². The number of rotatable bonds is 2. The first-order valence-electron chi connectivity index (χ1n) is 4.06. The lowest BCUT2D eigenvalue weighted by molar-refractivity contribution is 0.0695. The van der Waals surface area contributed by atoms with Crippen molar-refractivity contribution in [2.24, 2.45) is 0 Å². The number of hydrogen-bond donors (Lipinski definition) is 1. The number of carboxylic acids is 1. The first-order chi connectivity index (χ1) is 6.60. The van der Waals surface area contributed by atoms with Crippen molar-refractivity contribution in [3.8, 4) is 6.07 Å². The molecule has 0 unspecified atom stereocenters. The van der Waals surface area contributed by atoms with E-state index in [4.69, 9.17) is 10.4 Å². The minimum Gasteiger partial charge on any atom is -0.478 e. The molecule has 0 bridgehead atoms. The number of carboxylic acid groups (broad SMARTS) is 1. The molecule has 0 saturated heterocycles. The minimum atomic E-state index is -0.977. The Hall–Kier alpha value is -1.09. The van der Waals surface area contributed by atoms with E-state index in [1.54, 1.807) is 6.07 Å². The number of benzene rings is 1. The van der Waals surface area contributed by atoms with E-state index in [1.165, 1.54) is 6.07 Å². The predicted molar refractivity (Wildman–Crippen MR) is 60.2 cm³/mol. The van der Waals surface area contributed by atoms with Crippen LogP contribution in [0.2, 0.25) is 0 Å². The van der Waals surface area contributed by atoms with Gasteiger partial charge >= 0.3 is 5.97 Å². The maximum absolute atomic E-state index is 10.8. The molecule has 0 amide bonds. The van der Waals surface area contributed by atoms with Crippen LogP contribution in [0.3, 0.4) is 0 Å². The molecule has 1 aromatic carbocycles. The molecule has 3 nitrogen and oxygen atoms in total. The normalized spacial score (nSPS) is 9.50. The van der Waals surface area contributed by atoms with Gasteiger partial charge in [0.25, 0.3) is 0 Å². The predicted octanol–water partition coefficient (Wildman–Crippen LogP) is 2.42. The summed E-state index contributed by atoms with van der Waals surface area (Å²) in [4.78, 5) is 10.8. The Labute approximate surface area is 95.5 Å². The van der Waals surface area contributed by atoms with Crippen molar-refractivity contribution in [2.75, 3.05) is 0 Å². The Morgan fingerprint density at radius 1 is 1.64 bits per heavy atom. The summed E-state index contributed by atoms with van der Waals surface area (Å²) >= 11 is 2.03. The SMILES string of the molecule is CCc1cc(I)c(C#N)cc1C(=O)O. The zero-order chi connectivity index (χ0) is 10.7. The van der Waals surface area contributed by atoms with Crippen molar-refractivity contribution in [1.29, 1.82) is 5.26 Å². The number of aryl methyl sites for hydroxylation is 1. The highest BCUT2D eigenvalue weighted by atomic mass is 127. The second kappa shape index (κ2) is 4.42. The van der Waals surface area contributed by atoms with Crippen LogP contribution in [-0.4, -0.2) is 11.1 Å². The fourth-order valence-corrected chi connectivity index (χ4v) is 1.84. The van der Waals surface area contributed by atoms with Gasteiger partial charge in [-0.3, -0.25) is 0 Å². The Morgan fingerprint density at radius 3 is 2.71 bits per heavy atom. The lowest BCUT2D eigenvalue weighted by Crippen LogP contribution is -2.03. The minimum absolute atomic E-state index is 0.226. The summed E-state index contributed by atoms with van der Waals surface area (Å²) in [5.41, 5.74) is 1.41. The summed E-state index contributed by atoms with van der Waals surface area (Å²) < 4.78 is 0.798. The zero-order valence-electron chi connectivity index (χ0n) is 7.54. The lowest BCUT2D eigenvalue weighted by atomic mass is 10.0. The van der Waals surface area contributed by atoms with Gasteiger partial charge in [0.2, 0.25) is 0 Å². The average Bonchev–Trinajstić information content (AvgIpc) is 2.16. The summed E-state index contributed by atoms with van der Waals surface area (Å²) in [7, 11) is 0. The van der Waals surface area contributed by atoms with Crippen LogP contribution >= 0.6 is 22.6 Å². The molecular weight excluding hydrogens is 293 g/mol. The van der Waals surface area contributed by atoms with Crippen molar-refractivity contribution >= 4 is 28.6 Å². The molecule has 0 saturated carbocycles. The Morgan fingerprint density at radius 2 is 2.29 bits per heavy atom. The maximum Gasteiger partial charge on any atom is 0.336 e. The number of carbonyl (C=O) groups is 1. The van der Waals surface area contributed by atoms with Gasteiger partial charge in [-0.1, -0.05) is 6.92 Å². The molecule has 1 aromatic rings. The molecule has 0 aliphatic rings. The first-order valence-corrected chi connectivity index (χ1v) is 5.13. The van der Waals surface area contributed by atoms with Crippen molar-refractivity contribution in [3.05, 3.63) is 32.4 Å². The second-order valence-electron chi connectivity index (χ2n) is 2.76. The highest BCUT2D eigenvalue weighted by Crippen LogP contribution is 2.19. The van der Waals surface area contributed by atoms with Gasteiger partial charge in [0.1, 0.15) is 6.07 Å². The number of nitriles is 1. The van der Waals surface area contributed by atoms with Crippen molar-refractivity contribution < 1.29 is 9.90 Å². The Bertz CT molecular complexity index is 421. The summed E-state index contributed by atoms with van der Waals surface area (Å²) in [5, 5.41) is 17.6. The van der Waals surface area contributed by atoms with Crippen molar-refractivity contribution in [1.82, 2.24) is 0 Å². The van der Waals surface area contributed by atoms with Crippen LogP contribution in [0, 0.1) is 14.9 Å². The molecule has 1 rings (SSSR count). The number of aromatic carboxylic acids is 1. The van der Waals surface area contributed by atoms with E-state index in [0.29, 0.717) is 12.0 Å². The van der Waals surface area contributed by atoms with E-state index in [-0.39, 0.29) is 5.56 Å². The number of halogens is 1. The summed E-state index contributed by atoms with van der Waals surface area (Å²) in [6, 6.07) is 5.16. The molecule has 0 aromatic heterocycles. The van der Waals surface area contributed by atoms with Gasteiger partial charge < -0.3 is 5.11 Å². The molecule has 0 atom stereocenters. The molecule has 14 heavy (non-hydrogen) atoms. The van der Waals surface area contributed by atoms with E-state index in [1.807, 2.05) is 35.6 Å². The van der Waals surface area contributed by atoms with Gasteiger partial charge in [-0.05, 0) is 46.7 Å². The highest BCUT2D eigenvalue weighted by Gasteiger charge is 2.12. The average molecular weight is 301 g/mol. The first kappa shape index (κ1) is 11.0. The monoisotopic (exact) mass is 301 g/mol. The van der Waals surface area contributed by atoms with Gasteiger partial charge in [-0.2, -0.15) is 5.26 Å². The van der Waals surface area contributed by atoms with Gasteiger partial charge in [0.05, 0.1) is 11.1 Å². The molecule has 0 spiro atoms. The van der Waals surface area contributed by atoms with Gasteiger partial charge in [-0.25, -0.2) is 4.79 Å². The lowest BCUT2D eigenvalue weighted by Gasteiger charge is -2.05. The summed E-state index contributed by atoms with van der Waals surface area (Å²) in [5.74, 6) is -0.977. The van der Waals surface area contributed by atoms with E-state index in [0.717, 1.165) is 9.13 Å². The molecule has 0 fully saturated rings. The Kier molecular flexibility index (Phi) is 3.47. The van der Waals surface area contributed by atoms with Crippen LogP contribution in [0.4, 0.5) is 0 Å². The maximum atomic E-state index is 10.8. The van der Waals surface area contributed by atoms with Crippen LogP contribution in [-0.2, 0) is 6.42 Å². The molecule has 0 aliphatic heterocycles. The smallest absolute Gasteiger partial charge is 0.336 e. The topological polar surface area (TPSA) is 61.1 Å². The third-order valence-electron chi connectivity index (χ3n) is 1.92. The quantitative estimate of drug-likeness (QED) is 0.853. The molecule has 72 valence electrons. The largest absolute Gasteiger partial charge is 0.478 e. The van der Waals surface area contributed by atoms with Crippen LogP contribution in [0.5, 0.6) is 0 Å². The fourth-order valence-electron chi connectivity index (χ4n) is 1.19. The molecular formula is C10H8INO2. The van der Waals surface area contributed by atoms with E-state index < -0.39 is 5.97 Å². The van der Waals surface area contributed by atoms with Crippen LogP contribution in [0.1, 0.15) is 28.4 Å². The highest BCUT2D eigenvalue weighted by molar-refractivity contribution is 14.1. The number of hydrogen-bond acceptors (Lipinski definition) is 2. The van der Waals surface area contributed by atoms with Gasteiger partial charge in [-0.15, -0.1) is 0 Å².